The van der Waals surface area contributed by atoms with Crippen molar-refractivity contribution >= 4 is 16.9 Å². The number of furan rings is 1. The number of para-hydroxylation sites is 1. The highest BCUT2D eigenvalue weighted by molar-refractivity contribution is 6.06. The van der Waals surface area contributed by atoms with Gasteiger partial charge < -0.3 is 20.2 Å². The van der Waals surface area contributed by atoms with Crippen molar-refractivity contribution in [3.05, 3.63) is 36.1 Å². The number of fused-ring (bicyclic) bond motifs is 1. The maximum atomic E-state index is 12.3. The molecule has 0 bridgehead atoms. The fraction of sp³-hybridized carbons (Fsp3) is 0.400. The van der Waals surface area contributed by atoms with Gasteiger partial charge in [0.2, 0.25) is 0 Å². The van der Waals surface area contributed by atoms with Crippen molar-refractivity contribution in [1.82, 2.24) is 5.32 Å². The van der Waals surface area contributed by atoms with Crippen molar-refractivity contribution in [1.29, 1.82) is 0 Å². The Balaban J connectivity index is 1.76. The van der Waals surface area contributed by atoms with E-state index in [4.69, 9.17) is 14.9 Å². The maximum Gasteiger partial charge on any atom is 0.255 e. The summed E-state index contributed by atoms with van der Waals surface area (Å²) in [6.07, 6.45) is 2.28. The lowest BCUT2D eigenvalue weighted by molar-refractivity contribution is -0.0300. The molecule has 0 aliphatic heterocycles. The number of nitrogens with two attached hydrogens (primary N) is 1. The van der Waals surface area contributed by atoms with Crippen LogP contribution in [0.4, 0.5) is 0 Å². The van der Waals surface area contributed by atoms with Crippen LogP contribution >= 0.6 is 0 Å². The van der Waals surface area contributed by atoms with Gasteiger partial charge in [-0.05, 0) is 19.4 Å². The summed E-state index contributed by atoms with van der Waals surface area (Å²) in [6.45, 7) is 2.56. The van der Waals surface area contributed by atoms with Crippen molar-refractivity contribution in [3.63, 3.8) is 0 Å². The topological polar surface area (TPSA) is 77.5 Å². The molecule has 1 amide bonds. The fourth-order valence-electron chi connectivity index (χ4n) is 2.61. The minimum absolute atomic E-state index is 0.0112. The van der Waals surface area contributed by atoms with E-state index in [-0.39, 0.29) is 24.1 Å². The first-order valence-electron chi connectivity index (χ1n) is 6.85. The van der Waals surface area contributed by atoms with E-state index in [0.29, 0.717) is 17.8 Å². The Hall–Kier alpha value is -1.85. The first-order chi connectivity index (χ1) is 9.70. The van der Waals surface area contributed by atoms with Crippen LogP contribution in [0.2, 0.25) is 0 Å². The van der Waals surface area contributed by atoms with Crippen LogP contribution in [0, 0.1) is 0 Å². The summed E-state index contributed by atoms with van der Waals surface area (Å²) in [5.74, 6) is -0.167. The van der Waals surface area contributed by atoms with Crippen molar-refractivity contribution in [3.8, 4) is 0 Å². The van der Waals surface area contributed by atoms with E-state index in [1.54, 1.807) is 0 Å². The van der Waals surface area contributed by atoms with Crippen LogP contribution in [0.25, 0.3) is 11.0 Å². The fourth-order valence-corrected chi connectivity index (χ4v) is 2.61. The average Bonchev–Trinajstić information content (AvgIpc) is 2.88. The Kier molecular flexibility index (Phi) is 3.46. The summed E-state index contributed by atoms with van der Waals surface area (Å²) in [7, 11) is 0. The highest BCUT2D eigenvalue weighted by atomic mass is 16.5. The molecule has 106 valence electrons. The van der Waals surface area contributed by atoms with Gasteiger partial charge in [-0.15, -0.1) is 0 Å². The van der Waals surface area contributed by atoms with E-state index < -0.39 is 0 Å². The second-order valence-corrected chi connectivity index (χ2v) is 5.04. The van der Waals surface area contributed by atoms with Gasteiger partial charge in [-0.3, -0.25) is 4.79 Å². The lowest BCUT2D eigenvalue weighted by Gasteiger charge is -2.42. The number of nitrogens with one attached hydrogen (secondary N) is 1. The van der Waals surface area contributed by atoms with Crippen LogP contribution in [0.3, 0.4) is 0 Å². The molecular weight excluding hydrogens is 256 g/mol. The lowest BCUT2D eigenvalue weighted by Crippen LogP contribution is -2.64. The van der Waals surface area contributed by atoms with Gasteiger partial charge in [0.1, 0.15) is 11.8 Å². The molecule has 0 spiro atoms. The molecular formula is C15H18N2O3. The minimum atomic E-state index is -0.167. The Morgan fingerprint density at radius 2 is 2.30 bits per heavy atom. The van der Waals surface area contributed by atoms with E-state index in [9.17, 15) is 4.79 Å². The molecule has 1 aromatic carbocycles. The third-order valence-electron chi connectivity index (χ3n) is 3.77. The first-order valence-corrected chi connectivity index (χ1v) is 6.85. The SMILES string of the molecule is CCOC1CC(N)C1NC(=O)c1coc2ccccc12. The molecule has 3 N–H and O–H groups in total. The summed E-state index contributed by atoms with van der Waals surface area (Å²) in [5, 5.41) is 3.76. The van der Waals surface area contributed by atoms with Gasteiger partial charge in [-0.1, -0.05) is 18.2 Å². The Morgan fingerprint density at radius 1 is 1.50 bits per heavy atom. The zero-order valence-electron chi connectivity index (χ0n) is 11.3. The Morgan fingerprint density at radius 3 is 3.05 bits per heavy atom. The predicted octanol–water partition coefficient (Wildman–Crippen LogP) is 1.67. The van der Waals surface area contributed by atoms with Crippen LogP contribution in [0.5, 0.6) is 0 Å². The number of ether oxygens (including phenoxy) is 1. The summed E-state index contributed by atoms with van der Waals surface area (Å²) in [6, 6.07) is 7.29. The number of amides is 1. The number of hydrogen-bond acceptors (Lipinski definition) is 4. The van der Waals surface area contributed by atoms with Gasteiger partial charge in [0.25, 0.3) is 5.91 Å². The molecule has 1 fully saturated rings. The van der Waals surface area contributed by atoms with Crippen LogP contribution in [0.15, 0.2) is 34.9 Å². The molecule has 3 unspecified atom stereocenters. The van der Waals surface area contributed by atoms with Gasteiger partial charge in [0, 0.05) is 18.0 Å². The molecule has 1 aromatic heterocycles. The van der Waals surface area contributed by atoms with E-state index in [2.05, 4.69) is 5.32 Å². The number of hydrogen-bond donors (Lipinski definition) is 2. The molecule has 0 radical (unpaired) electrons. The number of carbonyl (C=O) groups is 1. The second-order valence-electron chi connectivity index (χ2n) is 5.04. The van der Waals surface area contributed by atoms with E-state index >= 15 is 0 Å². The van der Waals surface area contributed by atoms with Gasteiger partial charge in [0.05, 0.1) is 17.7 Å². The van der Waals surface area contributed by atoms with Crippen molar-refractivity contribution in [2.75, 3.05) is 6.61 Å². The quantitative estimate of drug-likeness (QED) is 0.889. The predicted molar refractivity (Wildman–Crippen MR) is 75.5 cm³/mol. The molecule has 20 heavy (non-hydrogen) atoms. The third kappa shape index (κ3) is 2.19. The summed E-state index contributed by atoms with van der Waals surface area (Å²) in [4.78, 5) is 12.3. The molecule has 1 aliphatic carbocycles. The Bertz CT molecular complexity index is 620. The number of carbonyl (C=O) groups excluding carboxylic acids is 1. The van der Waals surface area contributed by atoms with Crippen LogP contribution in [-0.2, 0) is 4.74 Å². The molecule has 2 aromatic rings. The lowest BCUT2D eigenvalue weighted by atomic mass is 9.83. The monoisotopic (exact) mass is 274 g/mol. The van der Waals surface area contributed by atoms with Gasteiger partial charge in [-0.2, -0.15) is 0 Å². The molecule has 1 heterocycles. The van der Waals surface area contributed by atoms with Crippen LogP contribution in [-0.4, -0.2) is 30.7 Å². The summed E-state index contributed by atoms with van der Waals surface area (Å²) in [5.41, 5.74) is 7.18. The molecule has 1 saturated carbocycles. The zero-order chi connectivity index (χ0) is 14.1. The van der Waals surface area contributed by atoms with Crippen LogP contribution in [0.1, 0.15) is 23.7 Å². The highest BCUT2D eigenvalue weighted by Gasteiger charge is 2.40. The second kappa shape index (κ2) is 5.26. The van der Waals surface area contributed by atoms with E-state index in [1.807, 2.05) is 31.2 Å². The van der Waals surface area contributed by atoms with E-state index in [1.165, 1.54) is 6.26 Å². The average molecular weight is 274 g/mol. The van der Waals surface area contributed by atoms with Crippen molar-refractivity contribution < 1.29 is 13.9 Å². The normalized spacial score (nSPS) is 25.4. The van der Waals surface area contributed by atoms with E-state index in [0.717, 1.165) is 11.8 Å². The smallest absolute Gasteiger partial charge is 0.255 e. The first kappa shape index (κ1) is 13.1. The highest BCUT2D eigenvalue weighted by Crippen LogP contribution is 2.25. The number of benzene rings is 1. The minimum Gasteiger partial charge on any atom is -0.463 e. The molecule has 3 atom stereocenters. The number of rotatable bonds is 4. The van der Waals surface area contributed by atoms with Crippen LogP contribution < -0.4 is 11.1 Å². The summed E-state index contributed by atoms with van der Waals surface area (Å²) >= 11 is 0. The molecule has 3 rings (SSSR count). The third-order valence-corrected chi connectivity index (χ3v) is 3.77. The molecule has 1 aliphatic rings. The van der Waals surface area contributed by atoms with Crippen molar-refractivity contribution in [2.45, 2.75) is 31.5 Å². The maximum absolute atomic E-state index is 12.3. The molecule has 5 heteroatoms. The summed E-state index contributed by atoms with van der Waals surface area (Å²) < 4.78 is 10.9. The zero-order valence-corrected chi connectivity index (χ0v) is 11.3. The standard InChI is InChI=1S/C15H18N2O3/c1-2-19-13-7-11(16)14(13)17-15(18)10-8-20-12-6-4-3-5-9(10)12/h3-6,8,11,13-14H,2,7,16H2,1H3,(H,17,18). The largest absolute Gasteiger partial charge is 0.463 e. The molecule has 5 nitrogen and oxygen atoms in total. The van der Waals surface area contributed by atoms with Gasteiger partial charge in [-0.25, -0.2) is 0 Å². The van der Waals surface area contributed by atoms with Crippen molar-refractivity contribution in [2.24, 2.45) is 5.73 Å². The van der Waals surface area contributed by atoms with Gasteiger partial charge >= 0.3 is 0 Å². The van der Waals surface area contributed by atoms with Gasteiger partial charge in [0.15, 0.2) is 0 Å². The molecule has 0 saturated heterocycles. The Labute approximate surface area is 117 Å².